The molecule has 2 heterocycles. The molecule has 22 heavy (non-hydrogen) atoms. The van der Waals surface area contributed by atoms with E-state index in [0.717, 1.165) is 36.6 Å². The van der Waals surface area contributed by atoms with Gasteiger partial charge in [-0.1, -0.05) is 29.8 Å². The van der Waals surface area contributed by atoms with E-state index in [1.165, 1.54) is 0 Å². The Bertz CT molecular complexity index is 618. The molecular weight excluding hydrogens is 302 g/mol. The highest BCUT2D eigenvalue weighted by Crippen LogP contribution is 2.16. The molecule has 0 bridgehead atoms. The standard InChI is InChI=1S/C15H18ClN5O/c16-13-6-2-1-4-11(13)8-18-15-20-14(10-19-21-15)17-9-12-5-3-7-22-12/h1-2,4,6,10,12H,3,5,7-9H2,(H2,17,18,20,21). The van der Waals surface area contributed by atoms with Gasteiger partial charge < -0.3 is 15.4 Å². The van der Waals surface area contributed by atoms with Crippen LogP contribution in [0.25, 0.3) is 0 Å². The van der Waals surface area contributed by atoms with E-state index in [4.69, 9.17) is 16.3 Å². The minimum Gasteiger partial charge on any atom is -0.376 e. The third kappa shape index (κ3) is 4.05. The zero-order valence-electron chi connectivity index (χ0n) is 12.1. The SMILES string of the molecule is Clc1ccccc1CNc1nncc(NCC2CCCO2)n1. The van der Waals surface area contributed by atoms with Crippen molar-refractivity contribution in [2.24, 2.45) is 0 Å². The quantitative estimate of drug-likeness (QED) is 0.853. The van der Waals surface area contributed by atoms with Gasteiger partial charge in [-0.2, -0.15) is 10.1 Å². The van der Waals surface area contributed by atoms with E-state index >= 15 is 0 Å². The predicted octanol–water partition coefficient (Wildman–Crippen LogP) is 2.73. The average molecular weight is 320 g/mol. The van der Waals surface area contributed by atoms with Crippen molar-refractivity contribution < 1.29 is 4.74 Å². The van der Waals surface area contributed by atoms with Crippen molar-refractivity contribution in [3.63, 3.8) is 0 Å². The van der Waals surface area contributed by atoms with Crippen molar-refractivity contribution >= 4 is 23.4 Å². The highest BCUT2D eigenvalue weighted by Gasteiger charge is 2.15. The summed E-state index contributed by atoms with van der Waals surface area (Å²) in [7, 11) is 0. The number of hydrogen-bond donors (Lipinski definition) is 2. The molecule has 116 valence electrons. The van der Waals surface area contributed by atoms with Crippen LogP contribution in [0.4, 0.5) is 11.8 Å². The molecule has 3 rings (SSSR count). The summed E-state index contributed by atoms with van der Waals surface area (Å²) in [6.07, 6.45) is 4.08. The van der Waals surface area contributed by atoms with E-state index in [1.807, 2.05) is 24.3 Å². The smallest absolute Gasteiger partial charge is 0.244 e. The van der Waals surface area contributed by atoms with Gasteiger partial charge >= 0.3 is 0 Å². The second-order valence-electron chi connectivity index (χ2n) is 5.13. The molecule has 6 nitrogen and oxygen atoms in total. The van der Waals surface area contributed by atoms with Crippen molar-refractivity contribution in [1.82, 2.24) is 15.2 Å². The summed E-state index contributed by atoms with van der Waals surface area (Å²) < 4.78 is 5.57. The molecule has 1 aromatic heterocycles. The molecule has 1 fully saturated rings. The molecule has 1 aliphatic rings. The Morgan fingerprint density at radius 1 is 1.27 bits per heavy atom. The number of hydrogen-bond acceptors (Lipinski definition) is 6. The maximum Gasteiger partial charge on any atom is 0.244 e. The van der Waals surface area contributed by atoms with Crippen LogP contribution in [0.3, 0.4) is 0 Å². The van der Waals surface area contributed by atoms with Crippen molar-refractivity contribution in [3.05, 3.63) is 41.0 Å². The van der Waals surface area contributed by atoms with E-state index in [1.54, 1.807) is 6.20 Å². The van der Waals surface area contributed by atoms with Crippen LogP contribution in [0.5, 0.6) is 0 Å². The van der Waals surface area contributed by atoms with Crippen LogP contribution in [0.1, 0.15) is 18.4 Å². The molecule has 0 saturated carbocycles. The normalized spacial score (nSPS) is 17.4. The molecule has 1 atom stereocenters. The molecule has 7 heteroatoms. The number of nitrogens with zero attached hydrogens (tertiary/aromatic N) is 3. The molecule has 1 unspecified atom stereocenters. The van der Waals surface area contributed by atoms with E-state index < -0.39 is 0 Å². The minimum absolute atomic E-state index is 0.259. The molecule has 1 saturated heterocycles. The Balaban J connectivity index is 1.55. The number of benzene rings is 1. The van der Waals surface area contributed by atoms with Gasteiger partial charge in [0.15, 0.2) is 5.82 Å². The Kier molecular flexibility index (Phi) is 5.03. The van der Waals surface area contributed by atoms with E-state index in [-0.39, 0.29) is 6.10 Å². The van der Waals surface area contributed by atoms with Crippen LogP contribution in [0.2, 0.25) is 5.02 Å². The van der Waals surface area contributed by atoms with E-state index in [0.29, 0.717) is 18.3 Å². The van der Waals surface area contributed by atoms with Gasteiger partial charge in [0.25, 0.3) is 0 Å². The Morgan fingerprint density at radius 2 is 2.18 bits per heavy atom. The van der Waals surface area contributed by atoms with Crippen LogP contribution in [-0.4, -0.2) is 34.4 Å². The Labute approximate surface area is 134 Å². The van der Waals surface area contributed by atoms with Crippen molar-refractivity contribution in [2.75, 3.05) is 23.8 Å². The van der Waals surface area contributed by atoms with Crippen LogP contribution in [0.15, 0.2) is 30.5 Å². The zero-order valence-corrected chi connectivity index (χ0v) is 12.9. The summed E-state index contributed by atoms with van der Waals surface area (Å²) in [6, 6.07) is 7.67. The van der Waals surface area contributed by atoms with Gasteiger partial charge in [0.05, 0.1) is 12.3 Å². The number of nitrogens with one attached hydrogen (secondary N) is 2. The molecule has 1 aromatic carbocycles. The van der Waals surface area contributed by atoms with E-state index in [9.17, 15) is 0 Å². The first-order valence-corrected chi connectivity index (χ1v) is 7.71. The number of rotatable bonds is 6. The molecule has 0 spiro atoms. The highest BCUT2D eigenvalue weighted by atomic mass is 35.5. The molecule has 0 aliphatic carbocycles. The van der Waals surface area contributed by atoms with Crippen molar-refractivity contribution in [3.8, 4) is 0 Å². The summed E-state index contributed by atoms with van der Waals surface area (Å²) in [5.74, 6) is 1.16. The molecule has 0 amide bonds. The topological polar surface area (TPSA) is 72.0 Å². The Morgan fingerprint density at radius 3 is 3.00 bits per heavy atom. The molecule has 1 aliphatic heterocycles. The van der Waals surface area contributed by atoms with Crippen LogP contribution >= 0.6 is 11.6 Å². The maximum absolute atomic E-state index is 6.12. The lowest BCUT2D eigenvalue weighted by atomic mass is 10.2. The lowest BCUT2D eigenvalue weighted by molar-refractivity contribution is 0.120. The van der Waals surface area contributed by atoms with Gasteiger partial charge in [0.2, 0.25) is 5.95 Å². The van der Waals surface area contributed by atoms with E-state index in [2.05, 4.69) is 25.8 Å². The van der Waals surface area contributed by atoms with Gasteiger partial charge in [-0.25, -0.2) is 0 Å². The van der Waals surface area contributed by atoms with Gasteiger partial charge in [-0.15, -0.1) is 5.10 Å². The second kappa shape index (κ2) is 7.38. The lowest BCUT2D eigenvalue weighted by Gasteiger charge is -2.11. The summed E-state index contributed by atoms with van der Waals surface area (Å²) in [4.78, 5) is 4.38. The number of aromatic nitrogens is 3. The maximum atomic E-state index is 6.12. The van der Waals surface area contributed by atoms with Crippen LogP contribution in [0, 0.1) is 0 Å². The van der Waals surface area contributed by atoms with Crippen LogP contribution < -0.4 is 10.6 Å². The molecule has 2 N–H and O–H groups in total. The third-order valence-electron chi connectivity index (χ3n) is 3.49. The summed E-state index contributed by atoms with van der Waals surface area (Å²) in [6.45, 7) is 2.14. The fourth-order valence-electron chi connectivity index (χ4n) is 2.30. The Hall–Kier alpha value is -1.92. The first-order chi connectivity index (χ1) is 10.8. The summed E-state index contributed by atoms with van der Waals surface area (Å²) >= 11 is 6.12. The van der Waals surface area contributed by atoms with Crippen LogP contribution in [-0.2, 0) is 11.3 Å². The summed E-state index contributed by atoms with van der Waals surface area (Å²) in [5, 5.41) is 15.0. The molecule has 0 radical (unpaired) electrons. The predicted molar refractivity (Wildman–Crippen MR) is 86.1 cm³/mol. The van der Waals surface area contributed by atoms with Gasteiger partial charge in [-0.3, -0.25) is 0 Å². The fourth-order valence-corrected chi connectivity index (χ4v) is 2.51. The van der Waals surface area contributed by atoms with Gasteiger partial charge in [0.1, 0.15) is 0 Å². The first-order valence-electron chi connectivity index (χ1n) is 7.34. The first kappa shape index (κ1) is 15.0. The number of anilines is 2. The minimum atomic E-state index is 0.259. The number of ether oxygens (including phenoxy) is 1. The monoisotopic (exact) mass is 319 g/mol. The fraction of sp³-hybridized carbons (Fsp3) is 0.400. The average Bonchev–Trinajstić information content (AvgIpc) is 3.06. The van der Waals surface area contributed by atoms with Gasteiger partial charge in [0, 0.05) is 24.7 Å². The molecular formula is C15H18ClN5O. The largest absolute Gasteiger partial charge is 0.376 e. The van der Waals surface area contributed by atoms with Crippen molar-refractivity contribution in [1.29, 1.82) is 0 Å². The van der Waals surface area contributed by atoms with Gasteiger partial charge in [-0.05, 0) is 24.5 Å². The third-order valence-corrected chi connectivity index (χ3v) is 3.86. The summed E-state index contributed by atoms with van der Waals surface area (Å²) in [5.41, 5.74) is 0.991. The molecule has 2 aromatic rings. The zero-order chi connectivity index (χ0) is 15.2. The second-order valence-corrected chi connectivity index (χ2v) is 5.53. The van der Waals surface area contributed by atoms with Crippen molar-refractivity contribution in [2.45, 2.75) is 25.5 Å². The lowest BCUT2D eigenvalue weighted by Crippen LogP contribution is -2.19. The number of halogens is 1. The highest BCUT2D eigenvalue weighted by molar-refractivity contribution is 6.31.